The Morgan fingerprint density at radius 3 is 1.97 bits per heavy atom. The van der Waals surface area contributed by atoms with Gasteiger partial charge >= 0.3 is 18.0 Å². The van der Waals surface area contributed by atoms with E-state index in [2.05, 4.69) is 5.32 Å². The maximum absolute atomic E-state index is 12.7. The summed E-state index contributed by atoms with van der Waals surface area (Å²) in [5.41, 5.74) is 0.638. The van der Waals surface area contributed by atoms with Crippen LogP contribution in [-0.2, 0) is 32.1 Å². The number of alkyl carbamates (subject to hydrolysis) is 1. The zero-order chi connectivity index (χ0) is 22.1. The van der Waals surface area contributed by atoms with Gasteiger partial charge in [-0.1, -0.05) is 60.7 Å². The van der Waals surface area contributed by atoms with Crippen LogP contribution >= 0.6 is 0 Å². The van der Waals surface area contributed by atoms with Gasteiger partial charge in [-0.15, -0.1) is 0 Å². The fraction of sp³-hybridized carbons (Fsp3) is 0.348. The van der Waals surface area contributed by atoms with Crippen LogP contribution in [0.15, 0.2) is 60.7 Å². The summed E-state index contributed by atoms with van der Waals surface area (Å²) in [6.07, 6.45) is -0.854. The third kappa shape index (κ3) is 7.58. The molecule has 0 fully saturated rings. The zero-order valence-electron chi connectivity index (χ0n) is 17.3. The molecule has 0 aliphatic heterocycles. The lowest BCUT2D eigenvalue weighted by Crippen LogP contribution is -2.51. The number of esters is 1. The standard InChI is InChI=1S/C23H27NO6/c1-23(2,3)30-21(27)19(18(20(25)26)14-16-10-6-4-7-11-16)24-22(28)29-15-17-12-8-5-9-13-17/h4-13,18-19H,14-15H2,1-3H3,(H,24,28)(H,25,26)/t18?,19-/m0/s1. The van der Waals surface area contributed by atoms with E-state index in [9.17, 15) is 19.5 Å². The largest absolute Gasteiger partial charge is 0.481 e. The number of amides is 1. The molecule has 2 aromatic rings. The highest BCUT2D eigenvalue weighted by Gasteiger charge is 2.38. The van der Waals surface area contributed by atoms with Crippen molar-refractivity contribution in [3.05, 3.63) is 71.8 Å². The SMILES string of the molecule is CC(C)(C)OC(=O)[C@@H](NC(=O)OCc1ccccc1)C(Cc1ccccc1)C(=O)O. The van der Waals surface area contributed by atoms with Crippen LogP contribution in [0.4, 0.5) is 4.79 Å². The molecular weight excluding hydrogens is 386 g/mol. The average molecular weight is 413 g/mol. The lowest BCUT2D eigenvalue weighted by atomic mass is 9.92. The molecule has 1 amide bonds. The first-order valence-electron chi connectivity index (χ1n) is 9.62. The minimum atomic E-state index is -1.41. The second-order valence-corrected chi connectivity index (χ2v) is 7.85. The van der Waals surface area contributed by atoms with E-state index in [0.717, 1.165) is 11.1 Å². The highest BCUT2D eigenvalue weighted by atomic mass is 16.6. The molecule has 0 saturated carbocycles. The number of ether oxygens (including phenoxy) is 2. The molecule has 2 rings (SSSR count). The Hall–Kier alpha value is -3.35. The molecule has 7 nitrogen and oxygen atoms in total. The summed E-state index contributed by atoms with van der Waals surface area (Å²) in [6, 6.07) is 16.5. The molecule has 0 aliphatic rings. The van der Waals surface area contributed by atoms with E-state index < -0.39 is 35.6 Å². The van der Waals surface area contributed by atoms with E-state index in [1.807, 2.05) is 12.1 Å². The van der Waals surface area contributed by atoms with Crippen LogP contribution in [-0.4, -0.2) is 34.8 Å². The van der Waals surface area contributed by atoms with Gasteiger partial charge in [0.1, 0.15) is 18.2 Å². The maximum atomic E-state index is 12.7. The molecule has 1 unspecified atom stereocenters. The number of hydrogen-bond acceptors (Lipinski definition) is 5. The van der Waals surface area contributed by atoms with E-state index in [-0.39, 0.29) is 13.0 Å². The van der Waals surface area contributed by atoms with Gasteiger partial charge in [-0.2, -0.15) is 0 Å². The van der Waals surface area contributed by atoms with Crippen LogP contribution in [0.2, 0.25) is 0 Å². The van der Waals surface area contributed by atoms with E-state index in [1.165, 1.54) is 0 Å². The molecule has 2 aromatic carbocycles. The Labute approximate surface area is 176 Å². The van der Waals surface area contributed by atoms with Gasteiger partial charge in [0.05, 0.1) is 5.92 Å². The number of benzene rings is 2. The van der Waals surface area contributed by atoms with Crippen LogP contribution in [0.5, 0.6) is 0 Å². The van der Waals surface area contributed by atoms with E-state index in [1.54, 1.807) is 69.3 Å². The predicted octanol–water partition coefficient (Wildman–Crippen LogP) is 3.57. The van der Waals surface area contributed by atoms with Crippen LogP contribution in [0.3, 0.4) is 0 Å². The first kappa shape index (κ1) is 22.9. The molecule has 0 spiro atoms. The number of carbonyl (C=O) groups excluding carboxylic acids is 2. The van der Waals surface area contributed by atoms with Crippen molar-refractivity contribution in [2.45, 2.75) is 45.4 Å². The lowest BCUT2D eigenvalue weighted by molar-refractivity contribution is -0.163. The summed E-state index contributed by atoms with van der Waals surface area (Å²) in [5, 5.41) is 12.2. The van der Waals surface area contributed by atoms with Crippen molar-refractivity contribution in [1.29, 1.82) is 0 Å². The third-order valence-electron chi connectivity index (χ3n) is 4.16. The summed E-state index contributed by atoms with van der Waals surface area (Å²) in [6.45, 7) is 5.00. The van der Waals surface area contributed by atoms with Crippen molar-refractivity contribution in [1.82, 2.24) is 5.32 Å². The fourth-order valence-electron chi connectivity index (χ4n) is 2.80. The highest BCUT2D eigenvalue weighted by Crippen LogP contribution is 2.18. The Balaban J connectivity index is 2.17. The summed E-state index contributed by atoms with van der Waals surface area (Å²) >= 11 is 0. The van der Waals surface area contributed by atoms with E-state index in [4.69, 9.17) is 9.47 Å². The lowest BCUT2D eigenvalue weighted by Gasteiger charge is -2.27. The normalized spacial score (nSPS) is 13.0. The number of aliphatic carboxylic acids is 1. The molecular formula is C23H27NO6. The van der Waals surface area contributed by atoms with Crippen molar-refractivity contribution in [2.24, 2.45) is 5.92 Å². The molecule has 7 heteroatoms. The third-order valence-corrected chi connectivity index (χ3v) is 4.16. The Bertz CT molecular complexity index is 845. The van der Waals surface area contributed by atoms with Crippen LogP contribution in [0, 0.1) is 5.92 Å². The summed E-state index contributed by atoms with van der Waals surface area (Å²) in [5.74, 6) is -3.29. The van der Waals surface area contributed by atoms with Crippen molar-refractivity contribution in [2.75, 3.05) is 0 Å². The molecule has 0 aromatic heterocycles. The van der Waals surface area contributed by atoms with Gasteiger partial charge in [0.25, 0.3) is 0 Å². The number of hydrogen-bond donors (Lipinski definition) is 2. The van der Waals surface area contributed by atoms with Gasteiger partial charge in [-0.25, -0.2) is 9.59 Å². The van der Waals surface area contributed by atoms with Gasteiger partial charge in [0.2, 0.25) is 0 Å². The molecule has 0 bridgehead atoms. The number of carboxylic acid groups (broad SMARTS) is 1. The molecule has 0 heterocycles. The van der Waals surface area contributed by atoms with Gasteiger partial charge in [0.15, 0.2) is 0 Å². The second kappa shape index (κ2) is 10.4. The zero-order valence-corrected chi connectivity index (χ0v) is 17.3. The first-order valence-corrected chi connectivity index (χ1v) is 9.62. The van der Waals surface area contributed by atoms with Crippen molar-refractivity contribution in [3.63, 3.8) is 0 Å². The first-order chi connectivity index (χ1) is 14.2. The summed E-state index contributed by atoms with van der Waals surface area (Å²) in [4.78, 5) is 37.1. The minimum Gasteiger partial charge on any atom is -0.481 e. The summed E-state index contributed by atoms with van der Waals surface area (Å²) < 4.78 is 10.5. The van der Waals surface area contributed by atoms with E-state index >= 15 is 0 Å². The Kier molecular flexibility index (Phi) is 7.98. The number of nitrogens with one attached hydrogen (secondary N) is 1. The Morgan fingerprint density at radius 1 is 0.933 bits per heavy atom. The quantitative estimate of drug-likeness (QED) is 0.642. The predicted molar refractivity (Wildman–Crippen MR) is 111 cm³/mol. The number of carboxylic acids is 1. The van der Waals surface area contributed by atoms with Crippen molar-refractivity contribution in [3.8, 4) is 0 Å². The molecule has 2 atom stereocenters. The van der Waals surface area contributed by atoms with Crippen LogP contribution < -0.4 is 5.32 Å². The van der Waals surface area contributed by atoms with Gasteiger partial charge in [0, 0.05) is 0 Å². The van der Waals surface area contributed by atoms with Crippen molar-refractivity contribution >= 4 is 18.0 Å². The van der Waals surface area contributed by atoms with Crippen LogP contribution in [0.25, 0.3) is 0 Å². The molecule has 2 N–H and O–H groups in total. The molecule has 160 valence electrons. The maximum Gasteiger partial charge on any atom is 0.408 e. The van der Waals surface area contributed by atoms with Gasteiger partial charge < -0.3 is 19.9 Å². The number of carbonyl (C=O) groups is 3. The average Bonchev–Trinajstić information content (AvgIpc) is 2.69. The smallest absolute Gasteiger partial charge is 0.408 e. The molecule has 0 radical (unpaired) electrons. The monoisotopic (exact) mass is 413 g/mol. The fourth-order valence-corrected chi connectivity index (χ4v) is 2.80. The topological polar surface area (TPSA) is 102 Å². The number of rotatable bonds is 8. The second-order valence-electron chi connectivity index (χ2n) is 7.85. The van der Waals surface area contributed by atoms with Gasteiger partial charge in [-0.3, -0.25) is 4.79 Å². The van der Waals surface area contributed by atoms with Gasteiger partial charge in [-0.05, 0) is 38.3 Å². The minimum absolute atomic E-state index is 0.00979. The van der Waals surface area contributed by atoms with Crippen molar-refractivity contribution < 1.29 is 29.0 Å². The Morgan fingerprint density at radius 2 is 1.47 bits per heavy atom. The van der Waals surface area contributed by atoms with Crippen LogP contribution in [0.1, 0.15) is 31.9 Å². The highest BCUT2D eigenvalue weighted by molar-refractivity contribution is 5.87. The molecule has 0 saturated heterocycles. The molecule has 30 heavy (non-hydrogen) atoms. The van der Waals surface area contributed by atoms with E-state index in [0.29, 0.717) is 0 Å². The summed E-state index contributed by atoms with van der Waals surface area (Å²) in [7, 11) is 0. The molecule has 0 aliphatic carbocycles.